The van der Waals surface area contributed by atoms with Gasteiger partial charge in [-0.3, -0.25) is 9.59 Å². The lowest BCUT2D eigenvalue weighted by atomic mass is 10.0. The highest BCUT2D eigenvalue weighted by Gasteiger charge is 2.24. The molecular weight excluding hydrogens is 290 g/mol. The summed E-state index contributed by atoms with van der Waals surface area (Å²) in [6.07, 6.45) is 5.14. The third kappa shape index (κ3) is 4.02. The third-order valence-corrected chi connectivity index (χ3v) is 5.12. The number of aromatic amines is 1. The van der Waals surface area contributed by atoms with Crippen LogP contribution >= 0.6 is 0 Å². The number of carbonyl (C=O) groups excluding carboxylic acids is 2. The van der Waals surface area contributed by atoms with E-state index in [1.807, 2.05) is 13.8 Å². The topological polar surface area (TPSA) is 66.4 Å². The van der Waals surface area contributed by atoms with Gasteiger partial charge in [0.05, 0.1) is 25.7 Å². The fourth-order valence-corrected chi connectivity index (χ4v) is 3.90. The van der Waals surface area contributed by atoms with E-state index in [1.54, 1.807) is 4.90 Å². The van der Waals surface area contributed by atoms with E-state index >= 15 is 0 Å². The zero-order chi connectivity index (χ0) is 17.0. The van der Waals surface area contributed by atoms with Gasteiger partial charge in [-0.05, 0) is 52.0 Å². The Bertz CT molecular complexity index is 577. The maximum absolute atomic E-state index is 12.4. The van der Waals surface area contributed by atoms with Gasteiger partial charge in [-0.1, -0.05) is 6.92 Å². The molecule has 5 heteroatoms. The molecule has 0 bridgehead atoms. The van der Waals surface area contributed by atoms with Gasteiger partial charge in [-0.2, -0.15) is 0 Å². The molecule has 1 aliphatic heterocycles. The Kier molecular flexibility index (Phi) is 5.99. The molecule has 2 heterocycles. The number of aryl methyl sites for hydroxylation is 1. The molecule has 1 saturated heterocycles. The SMILES string of the molecule is CCC1CCCC[NH+]1CCNC(=O)c1[nH]c(C)c(C(C)=O)c1C. The minimum atomic E-state index is -0.109. The molecule has 2 atom stereocenters. The van der Waals surface area contributed by atoms with Crippen LogP contribution < -0.4 is 10.2 Å². The van der Waals surface area contributed by atoms with E-state index in [-0.39, 0.29) is 11.7 Å². The highest BCUT2D eigenvalue weighted by Crippen LogP contribution is 2.18. The first-order chi connectivity index (χ1) is 11.0. The van der Waals surface area contributed by atoms with Crippen molar-refractivity contribution in [3.63, 3.8) is 0 Å². The van der Waals surface area contributed by atoms with E-state index in [2.05, 4.69) is 17.2 Å². The summed E-state index contributed by atoms with van der Waals surface area (Å²) in [5.41, 5.74) is 2.69. The van der Waals surface area contributed by atoms with Gasteiger partial charge in [0.2, 0.25) is 0 Å². The molecule has 0 radical (unpaired) electrons. The summed E-state index contributed by atoms with van der Waals surface area (Å²) in [5, 5.41) is 3.01. The van der Waals surface area contributed by atoms with E-state index in [0.29, 0.717) is 17.8 Å². The van der Waals surface area contributed by atoms with Crippen LogP contribution in [0.5, 0.6) is 0 Å². The van der Waals surface area contributed by atoms with Crippen LogP contribution in [0.2, 0.25) is 0 Å². The third-order valence-electron chi connectivity index (χ3n) is 5.12. The van der Waals surface area contributed by atoms with Crippen molar-refractivity contribution in [2.45, 2.75) is 59.4 Å². The predicted molar refractivity (Wildman–Crippen MR) is 91.2 cm³/mol. The normalized spacial score (nSPS) is 21.2. The smallest absolute Gasteiger partial charge is 0.268 e. The van der Waals surface area contributed by atoms with Gasteiger partial charge in [0.1, 0.15) is 5.69 Å². The van der Waals surface area contributed by atoms with E-state index < -0.39 is 0 Å². The van der Waals surface area contributed by atoms with Crippen LogP contribution in [0.15, 0.2) is 0 Å². The van der Waals surface area contributed by atoms with Gasteiger partial charge in [-0.25, -0.2) is 0 Å². The molecule has 128 valence electrons. The molecule has 0 aliphatic carbocycles. The van der Waals surface area contributed by atoms with Crippen molar-refractivity contribution in [3.8, 4) is 0 Å². The highest BCUT2D eigenvalue weighted by molar-refractivity contribution is 6.02. The van der Waals surface area contributed by atoms with Crippen LogP contribution in [0, 0.1) is 13.8 Å². The molecule has 1 aliphatic rings. The zero-order valence-corrected chi connectivity index (χ0v) is 14.8. The van der Waals surface area contributed by atoms with Crippen molar-refractivity contribution < 1.29 is 14.5 Å². The van der Waals surface area contributed by atoms with Gasteiger partial charge in [0.15, 0.2) is 5.78 Å². The molecule has 0 spiro atoms. The lowest BCUT2D eigenvalue weighted by molar-refractivity contribution is -0.929. The minimum absolute atomic E-state index is 0.00107. The van der Waals surface area contributed by atoms with Crippen molar-refractivity contribution in [1.29, 1.82) is 0 Å². The Morgan fingerprint density at radius 1 is 1.30 bits per heavy atom. The van der Waals surface area contributed by atoms with E-state index in [9.17, 15) is 9.59 Å². The van der Waals surface area contributed by atoms with E-state index in [4.69, 9.17) is 0 Å². The number of hydrogen-bond donors (Lipinski definition) is 3. The second kappa shape index (κ2) is 7.77. The quantitative estimate of drug-likeness (QED) is 0.694. The Labute approximate surface area is 138 Å². The van der Waals surface area contributed by atoms with Crippen molar-refractivity contribution in [2.24, 2.45) is 0 Å². The number of aromatic nitrogens is 1. The first-order valence-corrected chi connectivity index (χ1v) is 8.78. The summed E-state index contributed by atoms with van der Waals surface area (Å²) < 4.78 is 0. The van der Waals surface area contributed by atoms with Gasteiger partial charge < -0.3 is 15.2 Å². The summed E-state index contributed by atoms with van der Waals surface area (Å²) in [6.45, 7) is 10.3. The van der Waals surface area contributed by atoms with Crippen LogP contribution in [-0.2, 0) is 0 Å². The highest BCUT2D eigenvalue weighted by atomic mass is 16.2. The largest absolute Gasteiger partial charge is 0.354 e. The summed E-state index contributed by atoms with van der Waals surface area (Å²) in [4.78, 5) is 28.7. The number of hydrogen-bond acceptors (Lipinski definition) is 2. The number of ketones is 1. The van der Waals surface area contributed by atoms with Crippen LogP contribution in [0.3, 0.4) is 0 Å². The lowest BCUT2D eigenvalue weighted by Crippen LogP contribution is -3.17. The maximum Gasteiger partial charge on any atom is 0.268 e. The molecular formula is C18H30N3O2+. The number of likely N-dealkylation sites (tertiary alicyclic amines) is 1. The summed E-state index contributed by atoms with van der Waals surface area (Å²) in [6, 6.07) is 0.736. The van der Waals surface area contributed by atoms with Gasteiger partial charge in [0, 0.05) is 11.3 Å². The summed E-state index contributed by atoms with van der Waals surface area (Å²) in [7, 11) is 0. The molecule has 2 rings (SSSR count). The number of H-pyrrole nitrogens is 1. The Morgan fingerprint density at radius 3 is 2.65 bits per heavy atom. The van der Waals surface area contributed by atoms with Crippen molar-refractivity contribution in [2.75, 3.05) is 19.6 Å². The minimum Gasteiger partial charge on any atom is -0.354 e. The zero-order valence-electron chi connectivity index (χ0n) is 14.8. The predicted octanol–water partition coefficient (Wildman–Crippen LogP) is 1.41. The molecule has 0 aromatic carbocycles. The monoisotopic (exact) mass is 320 g/mol. The van der Waals surface area contributed by atoms with E-state index in [0.717, 1.165) is 23.8 Å². The number of Topliss-reactive ketones (excluding diaryl/α,β-unsaturated/α-hetero) is 1. The van der Waals surface area contributed by atoms with Crippen LogP contribution in [-0.4, -0.2) is 42.4 Å². The fourth-order valence-electron chi connectivity index (χ4n) is 3.90. The number of carbonyl (C=O) groups is 2. The molecule has 5 nitrogen and oxygen atoms in total. The molecule has 1 fully saturated rings. The number of nitrogens with one attached hydrogen (secondary N) is 3. The number of amides is 1. The molecule has 1 aromatic heterocycles. The average molecular weight is 320 g/mol. The number of piperidine rings is 1. The van der Waals surface area contributed by atoms with Crippen molar-refractivity contribution in [3.05, 3.63) is 22.5 Å². The standard InChI is InChI=1S/C18H29N3O2/c1-5-15-8-6-7-10-21(15)11-9-19-18(23)17-12(2)16(14(4)22)13(3)20-17/h15,20H,5-11H2,1-4H3,(H,19,23)/p+1. The molecule has 3 N–H and O–H groups in total. The Hall–Kier alpha value is -1.62. The summed E-state index contributed by atoms with van der Waals surface area (Å²) in [5.74, 6) is -0.110. The second-order valence-electron chi connectivity index (χ2n) is 6.70. The average Bonchev–Trinajstić information content (AvgIpc) is 2.82. The first kappa shape index (κ1) is 17.7. The number of rotatable bonds is 6. The van der Waals surface area contributed by atoms with Crippen molar-refractivity contribution in [1.82, 2.24) is 10.3 Å². The first-order valence-electron chi connectivity index (χ1n) is 8.78. The van der Waals surface area contributed by atoms with E-state index in [1.165, 1.54) is 39.2 Å². The Balaban J connectivity index is 1.92. The van der Waals surface area contributed by atoms with Gasteiger partial charge in [0.25, 0.3) is 5.91 Å². The van der Waals surface area contributed by atoms with Gasteiger partial charge >= 0.3 is 0 Å². The van der Waals surface area contributed by atoms with Crippen molar-refractivity contribution >= 4 is 11.7 Å². The molecule has 23 heavy (non-hydrogen) atoms. The van der Waals surface area contributed by atoms with Crippen LogP contribution in [0.25, 0.3) is 0 Å². The van der Waals surface area contributed by atoms with Crippen LogP contribution in [0.4, 0.5) is 0 Å². The molecule has 2 unspecified atom stereocenters. The Morgan fingerprint density at radius 2 is 2.04 bits per heavy atom. The molecule has 0 saturated carbocycles. The summed E-state index contributed by atoms with van der Waals surface area (Å²) >= 11 is 0. The molecule has 1 amide bonds. The fraction of sp³-hybridized carbons (Fsp3) is 0.667. The maximum atomic E-state index is 12.4. The second-order valence-corrected chi connectivity index (χ2v) is 6.70. The number of quaternary nitrogens is 1. The van der Waals surface area contributed by atoms with Crippen LogP contribution in [0.1, 0.15) is 71.6 Å². The lowest BCUT2D eigenvalue weighted by Gasteiger charge is -2.32. The molecule has 1 aromatic rings. The van der Waals surface area contributed by atoms with Gasteiger partial charge in [-0.15, -0.1) is 0 Å².